The molecule has 128 valence electrons. The molecule has 1 heterocycles. The highest BCUT2D eigenvalue weighted by Crippen LogP contribution is 2.22. The Morgan fingerprint density at radius 1 is 1.33 bits per heavy atom. The Hall–Kier alpha value is -2.07. The molecule has 24 heavy (non-hydrogen) atoms. The number of unbranched alkanes of at least 4 members (excludes halogenated alkanes) is 1. The molecule has 0 saturated carbocycles. The van der Waals surface area contributed by atoms with Crippen LogP contribution in [0.15, 0.2) is 24.3 Å². The van der Waals surface area contributed by atoms with E-state index in [9.17, 15) is 4.79 Å². The fourth-order valence-corrected chi connectivity index (χ4v) is 2.74. The van der Waals surface area contributed by atoms with Crippen LogP contribution in [0.5, 0.6) is 0 Å². The van der Waals surface area contributed by atoms with Gasteiger partial charge in [-0.2, -0.15) is 5.10 Å². The van der Waals surface area contributed by atoms with Gasteiger partial charge >= 0.3 is 0 Å². The Bertz CT molecular complexity index is 762. The van der Waals surface area contributed by atoms with Crippen molar-refractivity contribution in [1.82, 2.24) is 9.78 Å². The van der Waals surface area contributed by atoms with E-state index >= 15 is 0 Å². The molecule has 5 heteroatoms. The molecule has 0 aliphatic carbocycles. The minimum atomic E-state index is -0.180. The van der Waals surface area contributed by atoms with Crippen molar-refractivity contribution in [2.75, 3.05) is 5.32 Å². The van der Waals surface area contributed by atoms with Gasteiger partial charge in [0.15, 0.2) is 0 Å². The zero-order chi connectivity index (χ0) is 17.7. The Morgan fingerprint density at radius 3 is 2.79 bits per heavy atom. The zero-order valence-electron chi connectivity index (χ0n) is 14.7. The minimum absolute atomic E-state index is 0.180. The maximum atomic E-state index is 12.2. The van der Waals surface area contributed by atoms with Crippen molar-refractivity contribution < 1.29 is 4.79 Å². The van der Waals surface area contributed by atoms with Crippen LogP contribution in [-0.4, -0.2) is 15.7 Å². The summed E-state index contributed by atoms with van der Waals surface area (Å²) < 4.78 is 1.79. The smallest absolute Gasteiger partial charge is 0.248 e. The van der Waals surface area contributed by atoms with Gasteiger partial charge in [-0.25, -0.2) is 0 Å². The summed E-state index contributed by atoms with van der Waals surface area (Å²) in [7, 11) is 0. The molecule has 0 radical (unpaired) electrons. The highest BCUT2D eigenvalue weighted by Gasteiger charge is 2.11. The van der Waals surface area contributed by atoms with Crippen molar-refractivity contribution in [3.05, 3.63) is 51.8 Å². The van der Waals surface area contributed by atoms with Crippen LogP contribution < -0.4 is 5.32 Å². The number of halogens is 1. The number of hydrogen-bond donors (Lipinski definition) is 1. The van der Waals surface area contributed by atoms with E-state index in [0.717, 1.165) is 47.5 Å². The summed E-state index contributed by atoms with van der Waals surface area (Å²) in [4.78, 5) is 12.2. The van der Waals surface area contributed by atoms with Crippen LogP contribution >= 0.6 is 11.6 Å². The maximum absolute atomic E-state index is 12.2. The fourth-order valence-electron chi connectivity index (χ4n) is 2.42. The van der Waals surface area contributed by atoms with Crippen LogP contribution in [0.3, 0.4) is 0 Å². The maximum Gasteiger partial charge on any atom is 0.248 e. The Kier molecular flexibility index (Phi) is 6.21. The first-order valence-electron chi connectivity index (χ1n) is 8.21. The van der Waals surface area contributed by atoms with E-state index in [-0.39, 0.29) is 5.91 Å². The molecule has 0 spiro atoms. The third kappa shape index (κ3) is 4.48. The molecule has 0 aliphatic heterocycles. The van der Waals surface area contributed by atoms with Gasteiger partial charge < -0.3 is 5.32 Å². The number of hydrogen-bond acceptors (Lipinski definition) is 2. The monoisotopic (exact) mass is 345 g/mol. The van der Waals surface area contributed by atoms with Gasteiger partial charge in [0, 0.05) is 23.9 Å². The van der Waals surface area contributed by atoms with Gasteiger partial charge in [-0.05, 0) is 50.5 Å². The van der Waals surface area contributed by atoms with Gasteiger partial charge in [0.05, 0.1) is 5.69 Å². The van der Waals surface area contributed by atoms with Gasteiger partial charge in [-0.15, -0.1) is 0 Å². The van der Waals surface area contributed by atoms with Crippen molar-refractivity contribution in [2.24, 2.45) is 0 Å². The number of aromatic nitrogens is 2. The van der Waals surface area contributed by atoms with Crippen LogP contribution in [0, 0.1) is 20.8 Å². The van der Waals surface area contributed by atoms with Gasteiger partial charge in [0.2, 0.25) is 5.91 Å². The molecule has 1 aromatic carbocycles. The second kappa shape index (κ2) is 8.15. The molecule has 0 aliphatic rings. The van der Waals surface area contributed by atoms with E-state index in [4.69, 9.17) is 11.6 Å². The molecule has 2 rings (SSSR count). The van der Waals surface area contributed by atoms with E-state index in [2.05, 4.69) is 17.3 Å². The summed E-state index contributed by atoms with van der Waals surface area (Å²) in [5, 5.41) is 7.92. The molecule has 0 fully saturated rings. The van der Waals surface area contributed by atoms with E-state index in [1.165, 1.54) is 6.08 Å². The minimum Gasteiger partial charge on any atom is -0.322 e. The quantitative estimate of drug-likeness (QED) is 0.756. The summed E-state index contributed by atoms with van der Waals surface area (Å²) in [6, 6.07) is 5.98. The highest BCUT2D eigenvalue weighted by molar-refractivity contribution is 6.31. The van der Waals surface area contributed by atoms with Gasteiger partial charge in [-0.3, -0.25) is 9.48 Å². The van der Waals surface area contributed by atoms with Gasteiger partial charge in [0.25, 0.3) is 0 Å². The number of benzene rings is 1. The lowest BCUT2D eigenvalue weighted by molar-refractivity contribution is -0.111. The highest BCUT2D eigenvalue weighted by atomic mass is 35.5. The number of carbonyl (C=O) groups is 1. The molecule has 0 atom stereocenters. The zero-order valence-corrected chi connectivity index (χ0v) is 15.4. The lowest BCUT2D eigenvalue weighted by atomic mass is 10.1. The van der Waals surface area contributed by atoms with Crippen molar-refractivity contribution in [3.8, 4) is 0 Å². The van der Waals surface area contributed by atoms with Crippen molar-refractivity contribution in [2.45, 2.75) is 47.1 Å². The third-order valence-electron chi connectivity index (χ3n) is 3.89. The van der Waals surface area contributed by atoms with Crippen molar-refractivity contribution >= 4 is 29.3 Å². The molecule has 1 amide bonds. The molecule has 2 aromatic rings. The average molecular weight is 346 g/mol. The number of rotatable bonds is 6. The molecule has 0 saturated heterocycles. The third-order valence-corrected chi connectivity index (χ3v) is 4.28. The normalized spacial score (nSPS) is 11.2. The van der Waals surface area contributed by atoms with E-state index < -0.39 is 0 Å². The molecule has 1 aromatic heterocycles. The first-order valence-corrected chi connectivity index (χ1v) is 8.59. The molecular weight excluding hydrogens is 322 g/mol. The summed E-state index contributed by atoms with van der Waals surface area (Å²) in [6.45, 7) is 8.79. The lowest BCUT2D eigenvalue weighted by Crippen LogP contribution is -2.09. The predicted octanol–water partition coefficient (Wildman–Crippen LogP) is 4.91. The van der Waals surface area contributed by atoms with Crippen LogP contribution in [-0.2, 0) is 11.3 Å². The molecule has 1 N–H and O–H groups in total. The molecular formula is C19H24ClN3O. The first-order chi connectivity index (χ1) is 11.4. The van der Waals surface area contributed by atoms with Crippen LogP contribution in [0.4, 0.5) is 5.69 Å². The molecule has 0 unspecified atom stereocenters. The van der Waals surface area contributed by atoms with Crippen LogP contribution in [0.1, 0.15) is 42.1 Å². The number of nitrogens with one attached hydrogen (secondary N) is 1. The average Bonchev–Trinajstić information content (AvgIpc) is 2.81. The summed E-state index contributed by atoms with van der Waals surface area (Å²) in [6.07, 6.45) is 5.34. The SMILES string of the molecule is CCCCn1nc(C)c(/C=C/C(=O)Nc2cc(C)ccc2C)c1Cl. The largest absolute Gasteiger partial charge is 0.322 e. The standard InChI is InChI=1S/C19H24ClN3O/c1-5-6-11-23-19(20)16(15(4)22-23)9-10-18(24)21-17-12-13(2)7-8-14(17)3/h7-10,12H,5-6,11H2,1-4H3,(H,21,24)/b10-9+. The Labute approximate surface area is 148 Å². The molecule has 0 bridgehead atoms. The number of anilines is 1. The summed E-state index contributed by atoms with van der Waals surface area (Å²) in [5.74, 6) is -0.180. The number of carbonyl (C=O) groups excluding carboxylic acids is 1. The van der Waals surface area contributed by atoms with Crippen molar-refractivity contribution in [3.63, 3.8) is 0 Å². The number of aryl methyl sites for hydroxylation is 4. The van der Waals surface area contributed by atoms with Gasteiger partial charge in [0.1, 0.15) is 5.15 Å². The second-order valence-corrected chi connectivity index (χ2v) is 6.37. The van der Waals surface area contributed by atoms with Gasteiger partial charge in [-0.1, -0.05) is 37.1 Å². The van der Waals surface area contributed by atoms with Crippen LogP contribution in [0.25, 0.3) is 6.08 Å². The van der Waals surface area contributed by atoms with Crippen molar-refractivity contribution in [1.29, 1.82) is 0 Å². The molecule has 4 nitrogen and oxygen atoms in total. The fraction of sp³-hybridized carbons (Fsp3) is 0.368. The summed E-state index contributed by atoms with van der Waals surface area (Å²) in [5.41, 5.74) is 4.59. The number of nitrogens with zero attached hydrogens (tertiary/aromatic N) is 2. The second-order valence-electron chi connectivity index (χ2n) is 6.01. The first kappa shape index (κ1) is 18.3. The number of amides is 1. The van der Waals surface area contributed by atoms with E-state index in [0.29, 0.717) is 5.15 Å². The summed E-state index contributed by atoms with van der Waals surface area (Å²) >= 11 is 6.37. The topological polar surface area (TPSA) is 46.9 Å². The van der Waals surface area contributed by atoms with E-state index in [1.807, 2.05) is 39.0 Å². The van der Waals surface area contributed by atoms with Crippen LogP contribution in [0.2, 0.25) is 5.15 Å². The predicted molar refractivity (Wildman–Crippen MR) is 100 cm³/mol. The Morgan fingerprint density at radius 2 is 2.08 bits per heavy atom. The Balaban J connectivity index is 2.11. The lowest BCUT2D eigenvalue weighted by Gasteiger charge is -2.07. The van der Waals surface area contributed by atoms with E-state index in [1.54, 1.807) is 10.8 Å².